The van der Waals surface area contributed by atoms with E-state index in [2.05, 4.69) is 0 Å². The zero-order valence-electron chi connectivity index (χ0n) is 4.26. The van der Waals surface area contributed by atoms with Gasteiger partial charge in [0.15, 0.2) is 0 Å². The minimum atomic E-state index is 0.685. The molecule has 0 aliphatic heterocycles. The van der Waals surface area contributed by atoms with Crippen LogP contribution in [-0.2, 0) is 0 Å². The summed E-state index contributed by atoms with van der Waals surface area (Å²) in [6, 6.07) is 7.11. The maximum Gasteiger partial charge on any atom is 0.0408 e. The van der Waals surface area contributed by atoms with Crippen LogP contribution in [0.5, 0.6) is 0 Å². The van der Waals surface area contributed by atoms with Crippen molar-refractivity contribution in [1.29, 1.82) is 0 Å². The Balaban J connectivity index is 3.08. The van der Waals surface area contributed by atoms with Gasteiger partial charge in [-0.1, -0.05) is 23.7 Å². The molecule has 0 nitrogen and oxygen atoms in total. The Morgan fingerprint density at radius 1 is 1.38 bits per heavy atom. The number of hydrogen-bond acceptors (Lipinski definition) is 0. The largest absolute Gasteiger partial charge is 0.0843 e. The molecule has 0 N–H and O–H groups in total. The van der Waals surface area contributed by atoms with Crippen LogP contribution in [0.15, 0.2) is 24.3 Å². The molecule has 0 aliphatic carbocycles. The van der Waals surface area contributed by atoms with E-state index in [0.29, 0.717) is 10.6 Å². The molecule has 0 saturated carbocycles. The third-order valence-electron chi connectivity index (χ3n) is 0.849. The minimum Gasteiger partial charge on any atom is -0.0843 e. The first-order chi connectivity index (χ1) is 3.79. The number of rotatable bonds is 0. The van der Waals surface area contributed by atoms with Gasteiger partial charge in [0.05, 0.1) is 0 Å². The highest BCUT2D eigenvalue weighted by Gasteiger charge is 1.83. The van der Waals surface area contributed by atoms with Crippen molar-refractivity contribution in [3.8, 4) is 0 Å². The van der Waals surface area contributed by atoms with Crippen LogP contribution in [0, 0.1) is 6.92 Å². The van der Waals surface area contributed by atoms with E-state index < -0.39 is 0 Å². The summed E-state index contributed by atoms with van der Waals surface area (Å²) in [4.78, 5) is 0. The van der Waals surface area contributed by atoms with E-state index in [-0.39, 0.29) is 0 Å². The molecule has 0 heterocycles. The Kier molecular flexibility index (Phi) is 1.54. The zero-order chi connectivity index (χ0) is 5.98. The van der Waals surface area contributed by atoms with E-state index >= 15 is 0 Å². The molecule has 0 atom stereocenters. The summed E-state index contributed by atoms with van der Waals surface area (Å²) in [7, 11) is 0. The lowest BCUT2D eigenvalue weighted by Crippen LogP contribution is -1.66. The monoisotopic (exact) mass is 124 g/mol. The van der Waals surface area contributed by atoms with Crippen LogP contribution >= 0.6 is 11.6 Å². The van der Waals surface area contributed by atoms with Crippen LogP contribution in [0.2, 0.25) is 5.02 Å². The highest BCUT2D eigenvalue weighted by Crippen LogP contribution is 2.08. The number of halogens is 1. The van der Waals surface area contributed by atoms with Gasteiger partial charge in [0.2, 0.25) is 0 Å². The molecule has 0 saturated heterocycles. The first-order valence-electron chi connectivity index (χ1n) is 2.30. The van der Waals surface area contributed by atoms with E-state index in [1.165, 1.54) is 0 Å². The molecule has 1 rings (SSSR count). The van der Waals surface area contributed by atoms with E-state index in [4.69, 9.17) is 18.5 Å². The van der Waals surface area contributed by atoms with Crippen molar-refractivity contribution >= 4 is 11.6 Å². The summed E-state index contributed by atoms with van der Waals surface area (Å²) < 4.78 is 0. The van der Waals surface area contributed by atoms with E-state index in [9.17, 15) is 0 Å². The van der Waals surface area contributed by atoms with Gasteiger partial charge in [-0.05, 0) is 24.6 Å². The minimum absolute atomic E-state index is 0.685. The topological polar surface area (TPSA) is 0 Å². The summed E-state index contributed by atoms with van der Waals surface area (Å²) in [5.41, 5.74) is 0.706. The first kappa shape index (κ1) is 5.64. The standard InChI is InChI=1S/C7H5Cl/c1-6-3-2-4-7(8)5-6/h1-5H. The van der Waals surface area contributed by atoms with Crippen LogP contribution in [0.1, 0.15) is 5.56 Å². The van der Waals surface area contributed by atoms with E-state index in [1.54, 1.807) is 18.2 Å². The van der Waals surface area contributed by atoms with Gasteiger partial charge in [-0.3, -0.25) is 0 Å². The highest BCUT2D eigenvalue weighted by atomic mass is 35.5. The van der Waals surface area contributed by atoms with Crippen LogP contribution in [0.25, 0.3) is 0 Å². The third kappa shape index (κ3) is 1.24. The van der Waals surface area contributed by atoms with Gasteiger partial charge in [-0.15, -0.1) is 0 Å². The molecule has 0 fully saturated rings. The van der Waals surface area contributed by atoms with Crippen LogP contribution in [0.3, 0.4) is 0 Å². The molecule has 0 spiro atoms. The van der Waals surface area contributed by atoms with Gasteiger partial charge in [0.1, 0.15) is 0 Å². The third-order valence-corrected chi connectivity index (χ3v) is 1.08. The predicted molar refractivity (Wildman–Crippen MR) is 34.9 cm³/mol. The molecule has 8 heavy (non-hydrogen) atoms. The lowest BCUT2D eigenvalue weighted by atomic mass is 10.2. The molecule has 0 aliphatic rings. The zero-order valence-corrected chi connectivity index (χ0v) is 5.02. The van der Waals surface area contributed by atoms with Crippen molar-refractivity contribution in [1.82, 2.24) is 0 Å². The number of benzene rings is 1. The van der Waals surface area contributed by atoms with Gasteiger partial charge in [-0.2, -0.15) is 0 Å². The fourth-order valence-corrected chi connectivity index (χ4v) is 0.705. The quantitative estimate of drug-likeness (QED) is 0.498. The molecule has 0 amide bonds. The Labute approximate surface area is 54.1 Å². The SMILES string of the molecule is [CH]c1cccc(Cl)c1. The molecule has 1 aromatic rings. The Hall–Kier alpha value is -0.490. The molecular weight excluding hydrogens is 120 g/mol. The molecule has 40 valence electrons. The van der Waals surface area contributed by atoms with E-state index in [1.807, 2.05) is 6.07 Å². The van der Waals surface area contributed by atoms with E-state index in [0.717, 1.165) is 0 Å². The molecular formula is C7H5Cl. The second-order valence-electron chi connectivity index (χ2n) is 1.56. The fourth-order valence-electron chi connectivity index (χ4n) is 0.507. The van der Waals surface area contributed by atoms with Crippen molar-refractivity contribution in [3.63, 3.8) is 0 Å². The summed E-state index contributed by atoms with van der Waals surface area (Å²) in [6.07, 6.45) is 0. The normalized spacial score (nSPS) is 9.25. The Bertz CT molecular complexity index is 164. The van der Waals surface area contributed by atoms with Crippen LogP contribution < -0.4 is 0 Å². The molecule has 0 unspecified atom stereocenters. The lowest BCUT2D eigenvalue weighted by molar-refractivity contribution is 1.61. The maximum absolute atomic E-state index is 5.56. The van der Waals surface area contributed by atoms with Crippen molar-refractivity contribution in [2.24, 2.45) is 0 Å². The average molecular weight is 125 g/mol. The second-order valence-corrected chi connectivity index (χ2v) is 1.99. The summed E-state index contributed by atoms with van der Waals surface area (Å²) in [6.45, 7) is 5.37. The van der Waals surface area contributed by atoms with Gasteiger partial charge < -0.3 is 0 Å². The van der Waals surface area contributed by atoms with Gasteiger partial charge in [0, 0.05) is 5.02 Å². The van der Waals surface area contributed by atoms with Gasteiger partial charge in [0.25, 0.3) is 0 Å². The van der Waals surface area contributed by atoms with Crippen molar-refractivity contribution in [2.75, 3.05) is 0 Å². The average Bonchev–Trinajstić information content (AvgIpc) is 1.64. The van der Waals surface area contributed by atoms with Gasteiger partial charge in [-0.25, -0.2) is 0 Å². The molecule has 0 aromatic heterocycles. The predicted octanol–water partition coefficient (Wildman–Crippen LogP) is 2.40. The molecule has 2 radical (unpaired) electrons. The fraction of sp³-hybridized carbons (Fsp3) is 0. The maximum atomic E-state index is 5.56. The second kappa shape index (κ2) is 2.19. The Morgan fingerprint density at radius 3 is 2.50 bits per heavy atom. The van der Waals surface area contributed by atoms with Crippen LogP contribution in [-0.4, -0.2) is 0 Å². The summed E-state index contributed by atoms with van der Waals surface area (Å²) in [5, 5.41) is 0.685. The molecule has 1 aromatic carbocycles. The molecule has 0 bridgehead atoms. The summed E-state index contributed by atoms with van der Waals surface area (Å²) in [5.74, 6) is 0. The summed E-state index contributed by atoms with van der Waals surface area (Å²) >= 11 is 5.56. The van der Waals surface area contributed by atoms with Crippen molar-refractivity contribution in [2.45, 2.75) is 0 Å². The van der Waals surface area contributed by atoms with Crippen molar-refractivity contribution in [3.05, 3.63) is 41.8 Å². The van der Waals surface area contributed by atoms with Crippen LogP contribution in [0.4, 0.5) is 0 Å². The number of hydrogen-bond donors (Lipinski definition) is 0. The lowest BCUT2D eigenvalue weighted by Gasteiger charge is -1.88. The molecule has 1 heteroatoms. The smallest absolute Gasteiger partial charge is 0.0408 e. The Morgan fingerprint density at radius 2 is 2.12 bits per heavy atom. The highest BCUT2D eigenvalue weighted by molar-refractivity contribution is 6.30. The van der Waals surface area contributed by atoms with Gasteiger partial charge >= 0.3 is 0 Å². The van der Waals surface area contributed by atoms with Crippen molar-refractivity contribution < 1.29 is 0 Å². The first-order valence-corrected chi connectivity index (χ1v) is 2.68.